The summed E-state index contributed by atoms with van der Waals surface area (Å²) >= 11 is 1.79. The topological polar surface area (TPSA) is 49.3 Å². The summed E-state index contributed by atoms with van der Waals surface area (Å²) in [5, 5.41) is 11.6. The molecule has 4 heteroatoms. The van der Waals surface area contributed by atoms with Crippen molar-refractivity contribution in [3.05, 3.63) is 12.2 Å². The van der Waals surface area contributed by atoms with Crippen LogP contribution in [0.15, 0.2) is 12.2 Å². The zero-order chi connectivity index (χ0) is 10.3. The lowest BCUT2D eigenvalue weighted by Crippen LogP contribution is -2.29. The Hall–Kier alpha value is -0.480. The Morgan fingerprint density at radius 2 is 2.31 bits per heavy atom. The zero-order valence-corrected chi connectivity index (χ0v) is 8.99. The molecule has 76 valence electrons. The molecule has 0 radical (unpaired) electrons. The third kappa shape index (κ3) is 6.66. The summed E-state index contributed by atoms with van der Waals surface area (Å²) in [4.78, 5) is 10.4. The van der Waals surface area contributed by atoms with Crippen LogP contribution in [0.4, 0.5) is 0 Å². The molecule has 0 heterocycles. The second-order valence-corrected chi connectivity index (χ2v) is 3.96. The minimum Gasteiger partial charge on any atom is -0.478 e. The highest BCUT2D eigenvalue weighted by Gasteiger charge is 2.05. The summed E-state index contributed by atoms with van der Waals surface area (Å²) in [6.07, 6.45) is 3.11. The van der Waals surface area contributed by atoms with Gasteiger partial charge in [-0.3, -0.25) is 0 Å². The van der Waals surface area contributed by atoms with Crippen molar-refractivity contribution in [1.82, 2.24) is 5.32 Å². The Balaban J connectivity index is 3.51. The van der Waals surface area contributed by atoms with E-state index in [1.807, 2.05) is 6.92 Å². The van der Waals surface area contributed by atoms with E-state index in [0.717, 1.165) is 12.2 Å². The molecule has 0 aliphatic carbocycles. The van der Waals surface area contributed by atoms with Gasteiger partial charge in [0, 0.05) is 18.2 Å². The predicted molar refractivity (Wildman–Crippen MR) is 57.2 cm³/mol. The van der Waals surface area contributed by atoms with Crippen molar-refractivity contribution in [2.24, 2.45) is 0 Å². The maximum atomic E-state index is 10.4. The van der Waals surface area contributed by atoms with Crippen molar-refractivity contribution in [3.63, 3.8) is 0 Å². The summed E-state index contributed by atoms with van der Waals surface area (Å²) in [5.41, 5.74) is 0.219. The molecule has 0 aromatic carbocycles. The van der Waals surface area contributed by atoms with Crippen LogP contribution in [0.25, 0.3) is 0 Å². The van der Waals surface area contributed by atoms with E-state index in [0.29, 0.717) is 12.6 Å². The third-order valence-electron chi connectivity index (χ3n) is 1.72. The van der Waals surface area contributed by atoms with Gasteiger partial charge >= 0.3 is 5.97 Å². The summed E-state index contributed by atoms with van der Waals surface area (Å²) in [6.45, 7) is 5.85. The lowest BCUT2D eigenvalue weighted by Gasteiger charge is -2.12. The van der Waals surface area contributed by atoms with Crippen LogP contribution >= 0.6 is 11.8 Å². The minimum atomic E-state index is -0.926. The van der Waals surface area contributed by atoms with E-state index in [9.17, 15) is 4.79 Å². The molecule has 1 unspecified atom stereocenters. The van der Waals surface area contributed by atoms with Gasteiger partial charge in [-0.05, 0) is 25.4 Å². The van der Waals surface area contributed by atoms with Gasteiger partial charge < -0.3 is 10.4 Å². The minimum absolute atomic E-state index is 0.219. The van der Waals surface area contributed by atoms with Gasteiger partial charge in [0.1, 0.15) is 0 Å². The number of aliphatic carboxylic acids is 1. The largest absolute Gasteiger partial charge is 0.478 e. The molecule has 0 bridgehead atoms. The smallest absolute Gasteiger partial charge is 0.332 e. The number of thioether (sulfide) groups is 1. The van der Waals surface area contributed by atoms with E-state index in [1.165, 1.54) is 0 Å². The molecule has 0 saturated carbocycles. The van der Waals surface area contributed by atoms with Crippen molar-refractivity contribution in [2.75, 3.05) is 18.6 Å². The number of hydrogen-bond acceptors (Lipinski definition) is 3. The summed E-state index contributed by atoms with van der Waals surface area (Å²) in [5.74, 6) is 0.165. The van der Waals surface area contributed by atoms with Crippen LogP contribution < -0.4 is 5.32 Å². The van der Waals surface area contributed by atoms with E-state index < -0.39 is 5.97 Å². The molecule has 2 N–H and O–H groups in total. The van der Waals surface area contributed by atoms with Crippen LogP contribution in [0.1, 0.15) is 13.3 Å². The first kappa shape index (κ1) is 12.5. The fourth-order valence-corrected chi connectivity index (χ4v) is 1.36. The van der Waals surface area contributed by atoms with Crippen LogP contribution in [-0.2, 0) is 4.79 Å². The first-order chi connectivity index (χ1) is 6.07. The quantitative estimate of drug-likeness (QED) is 0.613. The first-order valence-corrected chi connectivity index (χ1v) is 5.60. The van der Waals surface area contributed by atoms with Crippen molar-refractivity contribution in [2.45, 2.75) is 19.4 Å². The SMILES string of the molecule is C=C(CNC(C)CCSC)C(=O)O. The average Bonchev–Trinajstić information content (AvgIpc) is 2.10. The normalized spacial score (nSPS) is 12.5. The first-order valence-electron chi connectivity index (χ1n) is 4.21. The van der Waals surface area contributed by atoms with E-state index >= 15 is 0 Å². The Bertz CT molecular complexity index is 182. The Labute approximate surface area is 83.6 Å². The third-order valence-corrected chi connectivity index (χ3v) is 2.37. The Kier molecular flexibility index (Phi) is 6.72. The molecule has 0 aliphatic heterocycles. The molecule has 0 saturated heterocycles. The highest BCUT2D eigenvalue weighted by Crippen LogP contribution is 2.00. The van der Waals surface area contributed by atoms with Crippen molar-refractivity contribution in [1.29, 1.82) is 0 Å². The Morgan fingerprint density at radius 3 is 2.77 bits per heavy atom. The number of hydrogen-bond donors (Lipinski definition) is 2. The fourth-order valence-electron chi connectivity index (χ4n) is 0.770. The maximum Gasteiger partial charge on any atom is 0.332 e. The van der Waals surface area contributed by atoms with Crippen LogP contribution in [0, 0.1) is 0 Å². The number of carboxylic acid groups (broad SMARTS) is 1. The van der Waals surface area contributed by atoms with Crippen LogP contribution in [0.5, 0.6) is 0 Å². The summed E-state index contributed by atoms with van der Waals surface area (Å²) in [7, 11) is 0. The predicted octanol–water partition coefficient (Wildman–Crippen LogP) is 1.36. The highest BCUT2D eigenvalue weighted by atomic mass is 32.2. The standard InChI is InChI=1S/C9H17NO2S/c1-7(9(11)12)6-10-8(2)4-5-13-3/h8,10H,1,4-6H2,2-3H3,(H,11,12). The van der Waals surface area contributed by atoms with E-state index in [4.69, 9.17) is 5.11 Å². The van der Waals surface area contributed by atoms with Crippen LogP contribution in [-0.4, -0.2) is 35.7 Å². The molecular formula is C9H17NO2S. The number of carbonyl (C=O) groups is 1. The zero-order valence-electron chi connectivity index (χ0n) is 8.17. The van der Waals surface area contributed by atoms with Gasteiger partial charge in [-0.1, -0.05) is 6.58 Å². The Morgan fingerprint density at radius 1 is 1.69 bits per heavy atom. The van der Waals surface area contributed by atoms with E-state index in [-0.39, 0.29) is 5.57 Å². The van der Waals surface area contributed by atoms with Gasteiger partial charge in [0.2, 0.25) is 0 Å². The molecular weight excluding hydrogens is 186 g/mol. The fraction of sp³-hybridized carbons (Fsp3) is 0.667. The molecule has 0 fully saturated rings. The number of nitrogens with one attached hydrogen (secondary N) is 1. The molecule has 1 atom stereocenters. The maximum absolute atomic E-state index is 10.4. The lowest BCUT2D eigenvalue weighted by atomic mass is 10.2. The second kappa shape index (κ2) is 6.97. The number of rotatable bonds is 7. The lowest BCUT2D eigenvalue weighted by molar-refractivity contribution is -0.132. The molecule has 13 heavy (non-hydrogen) atoms. The van der Waals surface area contributed by atoms with Gasteiger partial charge in [0.05, 0.1) is 0 Å². The van der Waals surface area contributed by atoms with Crippen LogP contribution in [0.2, 0.25) is 0 Å². The van der Waals surface area contributed by atoms with Crippen molar-refractivity contribution in [3.8, 4) is 0 Å². The molecule has 0 aliphatic rings. The monoisotopic (exact) mass is 203 g/mol. The van der Waals surface area contributed by atoms with Gasteiger partial charge in [-0.15, -0.1) is 0 Å². The molecule has 0 spiro atoms. The van der Waals surface area contributed by atoms with Crippen molar-refractivity contribution >= 4 is 17.7 Å². The molecule has 0 rings (SSSR count). The molecule has 0 amide bonds. The summed E-state index contributed by atoms with van der Waals surface area (Å²) < 4.78 is 0. The molecule has 3 nitrogen and oxygen atoms in total. The summed E-state index contributed by atoms with van der Waals surface area (Å²) in [6, 6.07) is 0.351. The van der Waals surface area contributed by atoms with E-state index in [1.54, 1.807) is 11.8 Å². The van der Waals surface area contributed by atoms with Gasteiger partial charge in [-0.25, -0.2) is 4.79 Å². The molecule has 0 aromatic rings. The van der Waals surface area contributed by atoms with E-state index in [2.05, 4.69) is 18.2 Å². The van der Waals surface area contributed by atoms with Gasteiger partial charge in [0.15, 0.2) is 0 Å². The highest BCUT2D eigenvalue weighted by molar-refractivity contribution is 7.98. The second-order valence-electron chi connectivity index (χ2n) is 2.97. The van der Waals surface area contributed by atoms with Gasteiger partial charge in [-0.2, -0.15) is 11.8 Å². The van der Waals surface area contributed by atoms with Crippen LogP contribution in [0.3, 0.4) is 0 Å². The van der Waals surface area contributed by atoms with Crippen molar-refractivity contribution < 1.29 is 9.90 Å². The number of carboxylic acids is 1. The van der Waals surface area contributed by atoms with Gasteiger partial charge in [0.25, 0.3) is 0 Å². The molecule has 0 aromatic heterocycles. The average molecular weight is 203 g/mol.